The van der Waals surface area contributed by atoms with Gasteiger partial charge in [-0.2, -0.15) is 13.1 Å². The Hall–Kier alpha value is -1.70. The molecule has 1 aromatic carbocycles. The van der Waals surface area contributed by atoms with E-state index in [1.807, 2.05) is 34.9 Å². The molecule has 0 atom stereocenters. The highest BCUT2D eigenvalue weighted by Gasteiger charge is 2.07. The zero-order valence-corrected chi connectivity index (χ0v) is 10.5. The van der Waals surface area contributed by atoms with Gasteiger partial charge in [0.05, 0.1) is 6.54 Å². The average molecular weight is 266 g/mol. The summed E-state index contributed by atoms with van der Waals surface area (Å²) in [6.45, 7) is 0.723. The summed E-state index contributed by atoms with van der Waals surface area (Å²) in [7, 11) is -3.69. The molecule has 0 spiro atoms. The van der Waals surface area contributed by atoms with E-state index in [0.29, 0.717) is 12.4 Å². The van der Waals surface area contributed by atoms with Gasteiger partial charge in [0.15, 0.2) is 0 Å². The molecule has 0 unspecified atom stereocenters. The van der Waals surface area contributed by atoms with Gasteiger partial charge in [0.1, 0.15) is 5.82 Å². The van der Waals surface area contributed by atoms with Gasteiger partial charge < -0.3 is 4.57 Å². The van der Waals surface area contributed by atoms with Crippen LogP contribution in [-0.2, 0) is 23.3 Å². The van der Waals surface area contributed by atoms with Crippen LogP contribution in [0, 0.1) is 0 Å². The molecule has 0 aliphatic carbocycles. The lowest BCUT2D eigenvalue weighted by Crippen LogP contribution is -2.31. The van der Waals surface area contributed by atoms with Crippen LogP contribution in [0.2, 0.25) is 0 Å². The third-order valence-electron chi connectivity index (χ3n) is 2.43. The Balaban J connectivity index is 2.09. The highest BCUT2D eigenvalue weighted by molar-refractivity contribution is 7.87. The van der Waals surface area contributed by atoms with Crippen molar-refractivity contribution in [2.45, 2.75) is 13.1 Å². The van der Waals surface area contributed by atoms with Crippen molar-refractivity contribution in [3.63, 3.8) is 0 Å². The van der Waals surface area contributed by atoms with E-state index in [0.717, 1.165) is 5.56 Å². The van der Waals surface area contributed by atoms with Gasteiger partial charge in [0, 0.05) is 18.9 Å². The minimum Gasteiger partial charge on any atom is -0.329 e. The molecule has 0 saturated heterocycles. The summed E-state index contributed by atoms with van der Waals surface area (Å²) in [5.41, 5.74) is 1.12. The maximum Gasteiger partial charge on any atom is 0.274 e. The van der Waals surface area contributed by atoms with E-state index >= 15 is 0 Å². The number of nitrogens with two attached hydrogens (primary N) is 1. The van der Waals surface area contributed by atoms with Crippen molar-refractivity contribution in [1.29, 1.82) is 0 Å². The van der Waals surface area contributed by atoms with Gasteiger partial charge in [-0.1, -0.05) is 30.3 Å². The molecule has 0 fully saturated rings. The van der Waals surface area contributed by atoms with Crippen LogP contribution in [0.1, 0.15) is 11.4 Å². The summed E-state index contributed by atoms with van der Waals surface area (Å²) in [5, 5.41) is 4.88. The quantitative estimate of drug-likeness (QED) is 0.811. The van der Waals surface area contributed by atoms with E-state index in [9.17, 15) is 8.42 Å². The van der Waals surface area contributed by atoms with Gasteiger partial charge in [0.2, 0.25) is 0 Å². The van der Waals surface area contributed by atoms with Crippen molar-refractivity contribution in [2.24, 2.45) is 5.14 Å². The number of nitrogens with one attached hydrogen (secondary N) is 1. The second-order valence-electron chi connectivity index (χ2n) is 3.82. The fourth-order valence-corrected chi connectivity index (χ4v) is 1.93. The van der Waals surface area contributed by atoms with Crippen LogP contribution in [0.3, 0.4) is 0 Å². The van der Waals surface area contributed by atoms with Crippen molar-refractivity contribution >= 4 is 10.2 Å². The molecule has 7 heteroatoms. The van der Waals surface area contributed by atoms with Crippen molar-refractivity contribution in [1.82, 2.24) is 14.3 Å². The molecule has 0 amide bonds. The Kier molecular flexibility index (Phi) is 3.75. The molecule has 3 N–H and O–H groups in total. The predicted molar refractivity (Wildman–Crippen MR) is 67.7 cm³/mol. The largest absolute Gasteiger partial charge is 0.329 e. The topological polar surface area (TPSA) is 90.0 Å². The van der Waals surface area contributed by atoms with Gasteiger partial charge in [-0.3, -0.25) is 0 Å². The molecule has 0 aliphatic rings. The molecule has 0 aliphatic heterocycles. The van der Waals surface area contributed by atoms with E-state index in [1.165, 1.54) is 0 Å². The zero-order valence-electron chi connectivity index (χ0n) is 9.65. The van der Waals surface area contributed by atoms with E-state index in [-0.39, 0.29) is 6.54 Å². The maximum atomic E-state index is 10.8. The number of benzene rings is 1. The van der Waals surface area contributed by atoms with Crippen molar-refractivity contribution in [3.8, 4) is 0 Å². The van der Waals surface area contributed by atoms with Crippen LogP contribution < -0.4 is 9.86 Å². The van der Waals surface area contributed by atoms with Crippen LogP contribution in [0.5, 0.6) is 0 Å². The Morgan fingerprint density at radius 3 is 2.67 bits per heavy atom. The van der Waals surface area contributed by atoms with Crippen LogP contribution in [0.4, 0.5) is 0 Å². The Labute approximate surface area is 106 Å². The Morgan fingerprint density at radius 1 is 1.28 bits per heavy atom. The molecule has 0 bridgehead atoms. The van der Waals surface area contributed by atoms with Gasteiger partial charge in [-0.15, -0.1) is 0 Å². The van der Waals surface area contributed by atoms with Gasteiger partial charge in [-0.05, 0) is 5.56 Å². The van der Waals surface area contributed by atoms with E-state index < -0.39 is 10.2 Å². The molecular weight excluding hydrogens is 252 g/mol. The molecule has 2 aromatic rings. The molecule has 0 saturated carbocycles. The summed E-state index contributed by atoms with van der Waals surface area (Å²) in [6.07, 6.45) is 3.43. The summed E-state index contributed by atoms with van der Waals surface area (Å²) in [5.74, 6) is 0.618. The average Bonchev–Trinajstić information content (AvgIpc) is 2.74. The Morgan fingerprint density at radius 2 is 2.00 bits per heavy atom. The van der Waals surface area contributed by atoms with Crippen LogP contribution >= 0.6 is 0 Å². The van der Waals surface area contributed by atoms with Crippen LogP contribution in [-0.4, -0.2) is 18.0 Å². The minimum absolute atomic E-state index is 0.0820. The highest BCUT2D eigenvalue weighted by Crippen LogP contribution is 2.05. The lowest BCUT2D eigenvalue weighted by Gasteiger charge is -2.08. The number of imidazole rings is 1. The van der Waals surface area contributed by atoms with Crippen LogP contribution in [0.15, 0.2) is 42.7 Å². The fraction of sp³-hybridized carbons (Fsp3) is 0.182. The van der Waals surface area contributed by atoms with Crippen molar-refractivity contribution in [2.75, 3.05) is 0 Å². The second kappa shape index (κ2) is 5.30. The second-order valence-corrected chi connectivity index (χ2v) is 5.20. The van der Waals surface area contributed by atoms with Crippen LogP contribution in [0.25, 0.3) is 0 Å². The van der Waals surface area contributed by atoms with Gasteiger partial charge >= 0.3 is 0 Å². The molecule has 6 nitrogen and oxygen atoms in total. The molecule has 96 valence electrons. The summed E-state index contributed by atoms with van der Waals surface area (Å²) >= 11 is 0. The van der Waals surface area contributed by atoms with Crippen molar-refractivity contribution < 1.29 is 8.42 Å². The van der Waals surface area contributed by atoms with Gasteiger partial charge in [-0.25, -0.2) is 10.1 Å². The number of nitrogens with zero attached hydrogens (tertiary/aromatic N) is 2. The molecule has 18 heavy (non-hydrogen) atoms. The number of hydrogen-bond donors (Lipinski definition) is 2. The number of hydrogen-bond acceptors (Lipinski definition) is 3. The minimum atomic E-state index is -3.69. The van der Waals surface area contributed by atoms with E-state index in [2.05, 4.69) is 9.71 Å². The summed E-state index contributed by atoms with van der Waals surface area (Å²) in [6, 6.07) is 9.84. The standard InChI is InChI=1S/C11H14N4O2S/c12-18(16,17)14-8-11-13-6-7-15(11)9-10-4-2-1-3-5-10/h1-7,14H,8-9H2,(H2,12,16,17). The molecule has 1 aromatic heterocycles. The third-order valence-corrected chi connectivity index (χ3v) is 2.98. The lowest BCUT2D eigenvalue weighted by atomic mass is 10.2. The number of rotatable bonds is 5. The summed E-state index contributed by atoms with van der Waals surface area (Å²) in [4.78, 5) is 4.10. The first-order valence-corrected chi connectivity index (χ1v) is 6.90. The maximum absolute atomic E-state index is 10.8. The zero-order chi connectivity index (χ0) is 13.0. The molecule has 0 radical (unpaired) electrons. The SMILES string of the molecule is NS(=O)(=O)NCc1nccn1Cc1ccccc1. The van der Waals surface area contributed by atoms with Crippen molar-refractivity contribution in [3.05, 3.63) is 54.1 Å². The molecular formula is C11H14N4O2S. The van der Waals surface area contributed by atoms with Gasteiger partial charge in [0.25, 0.3) is 10.2 Å². The highest BCUT2D eigenvalue weighted by atomic mass is 32.2. The normalized spacial score (nSPS) is 11.6. The lowest BCUT2D eigenvalue weighted by molar-refractivity contribution is 0.578. The Bertz CT molecular complexity index is 607. The molecule has 1 heterocycles. The smallest absolute Gasteiger partial charge is 0.274 e. The summed E-state index contributed by atoms with van der Waals surface area (Å²) < 4.78 is 25.7. The fourth-order valence-electron chi connectivity index (χ4n) is 1.60. The van der Waals surface area contributed by atoms with E-state index in [4.69, 9.17) is 5.14 Å². The monoisotopic (exact) mass is 266 g/mol. The first kappa shape index (κ1) is 12.7. The first-order chi connectivity index (χ1) is 8.54. The predicted octanol–water partition coefficient (Wildman–Crippen LogP) is 0.225. The third kappa shape index (κ3) is 3.66. The molecule has 2 rings (SSSR count). The number of aromatic nitrogens is 2. The van der Waals surface area contributed by atoms with E-state index in [1.54, 1.807) is 12.4 Å². The first-order valence-electron chi connectivity index (χ1n) is 5.36.